The maximum Gasteiger partial charge on any atom is 0.417 e. The van der Waals surface area contributed by atoms with Gasteiger partial charge >= 0.3 is 6.18 Å². The lowest BCUT2D eigenvalue weighted by atomic mass is 10.1. The number of halogens is 6. The van der Waals surface area contributed by atoms with Crippen molar-refractivity contribution in [1.82, 2.24) is 10.2 Å². The van der Waals surface area contributed by atoms with E-state index in [0.29, 0.717) is 16.1 Å². The summed E-state index contributed by atoms with van der Waals surface area (Å²) in [5, 5.41) is 5.08. The minimum atomic E-state index is -4.66. The molecule has 196 valence electrons. The summed E-state index contributed by atoms with van der Waals surface area (Å²) in [5.74, 6) is -1.83. The van der Waals surface area contributed by atoms with Gasteiger partial charge in [0.15, 0.2) is 0 Å². The van der Waals surface area contributed by atoms with Gasteiger partial charge in [-0.1, -0.05) is 59.1 Å². The van der Waals surface area contributed by atoms with E-state index in [9.17, 15) is 27.6 Å². The number of carbonyl (C=O) groups is 3. The second kappa shape index (κ2) is 11.1. The van der Waals surface area contributed by atoms with E-state index in [-0.39, 0.29) is 35.1 Å². The molecule has 3 aromatic rings. The average molecular weight is 583 g/mol. The molecule has 0 spiro atoms. The number of alkyl halides is 3. The Kier molecular flexibility index (Phi) is 8.01. The van der Waals surface area contributed by atoms with Gasteiger partial charge in [0, 0.05) is 22.8 Å². The predicted molar refractivity (Wildman–Crippen MR) is 138 cm³/mol. The fourth-order valence-corrected chi connectivity index (χ4v) is 4.20. The molecule has 0 saturated carbocycles. The van der Waals surface area contributed by atoms with Crippen molar-refractivity contribution in [2.45, 2.75) is 19.3 Å². The van der Waals surface area contributed by atoms with Gasteiger partial charge in [-0.25, -0.2) is 0 Å². The summed E-state index contributed by atoms with van der Waals surface area (Å²) in [6.45, 7) is 0.144. The Labute approximate surface area is 230 Å². The number of anilines is 1. The average Bonchev–Trinajstić information content (AvgIpc) is 3.07. The quantitative estimate of drug-likeness (QED) is 0.317. The number of nitrogens with one attached hydrogen (secondary N) is 2. The number of benzene rings is 3. The summed E-state index contributed by atoms with van der Waals surface area (Å²) in [6, 6.07) is 15.9. The molecule has 1 aliphatic heterocycles. The first-order valence-electron chi connectivity index (χ1n) is 11.0. The zero-order chi connectivity index (χ0) is 27.6. The van der Waals surface area contributed by atoms with Crippen molar-refractivity contribution in [3.8, 4) is 0 Å². The van der Waals surface area contributed by atoms with Gasteiger partial charge in [0.25, 0.3) is 17.7 Å². The minimum absolute atomic E-state index is 0.0259. The van der Waals surface area contributed by atoms with Gasteiger partial charge in [-0.15, -0.1) is 0 Å². The Morgan fingerprint density at radius 2 is 1.47 bits per heavy atom. The Bertz CT molecular complexity index is 1440. The van der Waals surface area contributed by atoms with Crippen molar-refractivity contribution in [3.05, 3.63) is 110 Å². The van der Waals surface area contributed by atoms with Crippen LogP contribution in [0, 0.1) is 0 Å². The zero-order valence-electron chi connectivity index (χ0n) is 19.2. The molecule has 0 unspecified atom stereocenters. The van der Waals surface area contributed by atoms with Gasteiger partial charge in [-0.2, -0.15) is 13.2 Å². The molecule has 4 rings (SSSR count). The highest BCUT2D eigenvalue weighted by Crippen LogP contribution is 2.36. The normalized spacial score (nSPS) is 13.8. The molecule has 12 heteroatoms. The van der Waals surface area contributed by atoms with Gasteiger partial charge in [-0.05, 0) is 53.6 Å². The van der Waals surface area contributed by atoms with E-state index in [0.717, 1.165) is 17.0 Å². The van der Waals surface area contributed by atoms with Crippen LogP contribution >= 0.6 is 34.8 Å². The van der Waals surface area contributed by atoms with Gasteiger partial charge in [0.2, 0.25) is 0 Å². The maximum absolute atomic E-state index is 13.1. The molecule has 0 fully saturated rings. The molecule has 3 amide bonds. The summed E-state index contributed by atoms with van der Waals surface area (Å²) >= 11 is 17.6. The van der Waals surface area contributed by atoms with Gasteiger partial charge in [0.1, 0.15) is 10.7 Å². The number of hydrogen-bond donors (Lipinski definition) is 2. The molecular formula is C26H17Cl3F3N3O3. The highest BCUT2D eigenvalue weighted by molar-refractivity contribution is 6.47. The second-order valence-corrected chi connectivity index (χ2v) is 9.43. The lowest BCUT2D eigenvalue weighted by molar-refractivity contribution is -0.139. The molecule has 0 radical (unpaired) electrons. The summed E-state index contributed by atoms with van der Waals surface area (Å²) < 4.78 is 39.2. The van der Waals surface area contributed by atoms with Crippen molar-refractivity contribution < 1.29 is 27.6 Å². The Morgan fingerprint density at radius 3 is 2.11 bits per heavy atom. The van der Waals surface area contributed by atoms with Crippen LogP contribution in [0.2, 0.25) is 10.0 Å². The number of nitrogens with zero attached hydrogens (tertiary/aromatic N) is 1. The lowest BCUT2D eigenvalue weighted by Crippen LogP contribution is -2.33. The molecule has 38 heavy (non-hydrogen) atoms. The monoisotopic (exact) mass is 581 g/mol. The third-order valence-electron chi connectivity index (χ3n) is 5.58. The Hall–Kier alpha value is -3.53. The molecule has 0 aliphatic carbocycles. The molecule has 6 nitrogen and oxygen atoms in total. The standard InChI is InChI=1S/C26H17Cl3F3N3O3/c27-17-7-3-15(4-8-17)13-35-24(37)21(29)22(25(35)38)33-12-14-1-5-16(6-2-14)23(36)34-18-9-10-20(28)19(11-18)26(30,31)32/h1-11,33H,12-13H2,(H,34,36). The van der Waals surface area contributed by atoms with Crippen LogP contribution < -0.4 is 10.6 Å². The SMILES string of the molecule is O=C(Nc1ccc(Cl)c(C(F)(F)F)c1)c1ccc(CNC2=C(Cl)C(=O)N(Cc3ccc(Cl)cc3)C2=O)cc1. The van der Waals surface area contributed by atoms with Crippen molar-refractivity contribution in [3.63, 3.8) is 0 Å². The number of amides is 3. The van der Waals surface area contributed by atoms with Crippen molar-refractivity contribution in [2.24, 2.45) is 0 Å². The molecule has 0 atom stereocenters. The Morgan fingerprint density at radius 1 is 0.842 bits per heavy atom. The van der Waals surface area contributed by atoms with Crippen LogP contribution in [0.3, 0.4) is 0 Å². The largest absolute Gasteiger partial charge is 0.417 e. The minimum Gasteiger partial charge on any atom is -0.375 e. The molecule has 0 saturated heterocycles. The van der Waals surface area contributed by atoms with Gasteiger partial charge in [-0.3, -0.25) is 19.3 Å². The first-order chi connectivity index (χ1) is 17.9. The van der Waals surface area contributed by atoms with Crippen molar-refractivity contribution >= 4 is 58.2 Å². The van der Waals surface area contributed by atoms with E-state index in [1.807, 2.05) is 0 Å². The van der Waals surface area contributed by atoms with Gasteiger partial charge in [0.05, 0.1) is 17.1 Å². The van der Waals surface area contributed by atoms with Crippen LogP contribution in [0.25, 0.3) is 0 Å². The van der Waals surface area contributed by atoms with Crippen LogP contribution in [-0.4, -0.2) is 22.6 Å². The van der Waals surface area contributed by atoms with Crippen molar-refractivity contribution in [1.29, 1.82) is 0 Å². The number of rotatable bonds is 7. The molecule has 3 aromatic carbocycles. The molecule has 1 aliphatic rings. The van der Waals surface area contributed by atoms with Crippen LogP contribution in [0.4, 0.5) is 18.9 Å². The van der Waals surface area contributed by atoms with E-state index < -0.39 is 34.5 Å². The summed E-state index contributed by atoms with van der Waals surface area (Å²) in [7, 11) is 0. The third-order valence-corrected chi connectivity index (χ3v) is 6.51. The number of imide groups is 1. The first-order valence-corrected chi connectivity index (χ1v) is 12.1. The van der Waals surface area contributed by atoms with Crippen LogP contribution in [0.1, 0.15) is 27.0 Å². The topological polar surface area (TPSA) is 78.5 Å². The summed E-state index contributed by atoms with van der Waals surface area (Å²) in [6.07, 6.45) is -4.66. The van der Waals surface area contributed by atoms with E-state index in [2.05, 4.69) is 10.6 Å². The summed E-state index contributed by atoms with van der Waals surface area (Å²) in [4.78, 5) is 38.8. The summed E-state index contributed by atoms with van der Waals surface area (Å²) in [5.41, 5.74) is 0.376. The van der Waals surface area contributed by atoms with E-state index >= 15 is 0 Å². The lowest BCUT2D eigenvalue weighted by Gasteiger charge is -2.15. The van der Waals surface area contributed by atoms with Crippen LogP contribution in [-0.2, 0) is 28.9 Å². The maximum atomic E-state index is 13.1. The predicted octanol–water partition coefficient (Wildman–Crippen LogP) is 6.37. The zero-order valence-corrected chi connectivity index (χ0v) is 21.5. The van der Waals surface area contributed by atoms with E-state index in [4.69, 9.17) is 34.8 Å². The molecular weight excluding hydrogens is 566 g/mol. The molecule has 1 heterocycles. The van der Waals surface area contributed by atoms with Crippen LogP contribution in [0.5, 0.6) is 0 Å². The fourth-order valence-electron chi connectivity index (χ4n) is 3.60. The molecule has 2 N–H and O–H groups in total. The molecule has 0 bridgehead atoms. The van der Waals surface area contributed by atoms with E-state index in [1.54, 1.807) is 36.4 Å². The highest BCUT2D eigenvalue weighted by atomic mass is 35.5. The second-order valence-electron chi connectivity index (χ2n) is 8.21. The molecule has 0 aromatic heterocycles. The third kappa shape index (κ3) is 6.12. The van der Waals surface area contributed by atoms with Gasteiger partial charge < -0.3 is 10.6 Å². The number of carbonyl (C=O) groups excluding carboxylic acids is 3. The highest BCUT2D eigenvalue weighted by Gasteiger charge is 2.37. The Balaban J connectivity index is 1.37. The number of hydrogen-bond acceptors (Lipinski definition) is 4. The van der Waals surface area contributed by atoms with E-state index in [1.165, 1.54) is 18.2 Å². The van der Waals surface area contributed by atoms with Crippen LogP contribution in [0.15, 0.2) is 77.5 Å². The smallest absolute Gasteiger partial charge is 0.375 e. The first kappa shape index (κ1) is 27.5. The van der Waals surface area contributed by atoms with Crippen molar-refractivity contribution in [2.75, 3.05) is 5.32 Å². The fraction of sp³-hybridized carbons (Fsp3) is 0.115.